The van der Waals surface area contributed by atoms with Crippen LogP contribution in [0.15, 0.2) is 30.3 Å². The molecule has 35 heavy (non-hydrogen) atoms. The lowest BCUT2D eigenvalue weighted by Gasteiger charge is -2.36. The molecule has 0 radical (unpaired) electrons. The van der Waals surface area contributed by atoms with Crippen molar-refractivity contribution in [3.8, 4) is 0 Å². The van der Waals surface area contributed by atoms with E-state index in [1.807, 2.05) is 18.7 Å². The van der Waals surface area contributed by atoms with Crippen molar-refractivity contribution in [1.29, 1.82) is 0 Å². The number of hydrogen-bond donors (Lipinski definition) is 1. The van der Waals surface area contributed by atoms with Gasteiger partial charge >= 0.3 is 11.1 Å². The van der Waals surface area contributed by atoms with Gasteiger partial charge in [-0.3, -0.25) is 15.0 Å². The summed E-state index contributed by atoms with van der Waals surface area (Å²) in [6.07, 6.45) is -1.08. The number of halogens is 1. The predicted molar refractivity (Wildman–Crippen MR) is 136 cm³/mol. The van der Waals surface area contributed by atoms with E-state index in [2.05, 4.69) is 10.2 Å². The number of hydrogen-bond acceptors (Lipinski definition) is 9. The molecule has 2 saturated heterocycles. The highest BCUT2D eigenvalue weighted by molar-refractivity contribution is 7.80. The van der Waals surface area contributed by atoms with Crippen molar-refractivity contribution < 1.29 is 23.6 Å². The maximum absolute atomic E-state index is 15.0. The molecule has 0 spiro atoms. The number of rotatable bonds is 7. The molecule has 2 aromatic rings. The second-order valence-corrected chi connectivity index (χ2v) is 9.90. The Labute approximate surface area is 211 Å². The first-order valence-electron chi connectivity index (χ1n) is 11.2. The quantitative estimate of drug-likeness (QED) is 0.330. The topological polar surface area (TPSA) is 100 Å². The van der Waals surface area contributed by atoms with Gasteiger partial charge in [0.15, 0.2) is 6.10 Å². The van der Waals surface area contributed by atoms with Crippen LogP contribution in [0.1, 0.15) is 13.8 Å². The summed E-state index contributed by atoms with van der Waals surface area (Å²) in [5.41, 5.74) is 0.856. The minimum atomic E-state index is -0.563. The molecule has 188 valence electrons. The smallest absolute Gasteiger partial charge is 0.414 e. The van der Waals surface area contributed by atoms with Crippen LogP contribution in [0, 0.1) is 15.9 Å². The van der Waals surface area contributed by atoms with E-state index in [1.165, 1.54) is 17.0 Å². The van der Waals surface area contributed by atoms with Crippen LogP contribution >= 0.6 is 23.6 Å². The van der Waals surface area contributed by atoms with E-state index in [4.69, 9.17) is 21.7 Å². The van der Waals surface area contributed by atoms with Gasteiger partial charge in [-0.1, -0.05) is 0 Å². The predicted octanol–water partition coefficient (Wildman–Crippen LogP) is 3.75. The minimum Gasteiger partial charge on any atom is -0.467 e. The number of amides is 1. The molecule has 1 amide bonds. The fraction of sp³-hybridized carbons (Fsp3) is 0.455. The lowest BCUT2D eigenvalue weighted by atomic mass is 10.2. The van der Waals surface area contributed by atoms with Crippen LogP contribution in [-0.4, -0.2) is 67.7 Å². The summed E-state index contributed by atoms with van der Waals surface area (Å²) in [5.74, 6) is -0.433. The Morgan fingerprint density at radius 1 is 1.29 bits per heavy atom. The number of thiocarbonyl (C=S) groups is 1. The van der Waals surface area contributed by atoms with Crippen molar-refractivity contribution in [1.82, 2.24) is 5.32 Å². The molecule has 1 atom stereocenters. The number of carbonyl (C=O) groups excluding carboxylic acids is 1. The Kier molecular flexibility index (Phi) is 7.55. The summed E-state index contributed by atoms with van der Waals surface area (Å²) in [6.45, 7) is 6.58. The van der Waals surface area contributed by atoms with E-state index in [9.17, 15) is 14.9 Å². The number of anilines is 3. The molecule has 0 aliphatic carbocycles. The van der Waals surface area contributed by atoms with Gasteiger partial charge in [0.05, 0.1) is 27.8 Å². The first-order valence-corrected chi connectivity index (χ1v) is 12.4. The Hall–Kier alpha value is -3.19. The third-order valence-electron chi connectivity index (χ3n) is 5.61. The van der Waals surface area contributed by atoms with Crippen LogP contribution < -0.4 is 20.0 Å². The third-order valence-corrected chi connectivity index (χ3v) is 6.95. The molecule has 0 unspecified atom stereocenters. The third kappa shape index (κ3) is 5.90. The van der Waals surface area contributed by atoms with Crippen molar-refractivity contribution in [3.63, 3.8) is 0 Å². The van der Waals surface area contributed by atoms with Crippen molar-refractivity contribution in [2.75, 3.05) is 54.0 Å². The van der Waals surface area contributed by atoms with Crippen LogP contribution in [0.2, 0.25) is 0 Å². The van der Waals surface area contributed by atoms with Crippen molar-refractivity contribution in [2.24, 2.45) is 0 Å². The highest BCUT2D eigenvalue weighted by Crippen LogP contribution is 2.33. The van der Waals surface area contributed by atoms with Crippen LogP contribution in [0.3, 0.4) is 0 Å². The Morgan fingerprint density at radius 2 is 2.00 bits per heavy atom. The standard InChI is InChI=1S/C22H26FN5O5S2/c1-14(2)24-21(34)32-13-16-12-27(22(29)33-16)15-3-4-18(17(23)11-15)25-7-9-26(10-8-25)19-5-6-20(35-19)28(30)31/h3-6,11,14,16H,7-10,12-13H2,1-2H3,(H,24,34)/t16-/m1/s1. The van der Waals surface area contributed by atoms with Crippen LogP contribution in [0.5, 0.6) is 0 Å². The van der Waals surface area contributed by atoms with Gasteiger partial charge in [0.2, 0.25) is 0 Å². The molecule has 2 aliphatic heterocycles. The monoisotopic (exact) mass is 523 g/mol. The van der Waals surface area contributed by atoms with E-state index >= 15 is 4.39 Å². The van der Waals surface area contributed by atoms with E-state index < -0.39 is 22.9 Å². The average molecular weight is 524 g/mol. The van der Waals surface area contributed by atoms with Crippen LogP contribution in [0.25, 0.3) is 0 Å². The first-order chi connectivity index (χ1) is 16.7. The van der Waals surface area contributed by atoms with E-state index in [-0.39, 0.29) is 29.4 Å². The zero-order chi connectivity index (χ0) is 25.1. The molecule has 2 fully saturated rings. The van der Waals surface area contributed by atoms with Gasteiger partial charge in [-0.2, -0.15) is 0 Å². The van der Waals surface area contributed by atoms with Gasteiger partial charge in [-0.25, -0.2) is 9.18 Å². The van der Waals surface area contributed by atoms with E-state index in [0.717, 1.165) is 16.3 Å². The molecule has 13 heteroatoms. The SMILES string of the molecule is CC(C)NC(=S)OC[C@H]1CN(c2ccc(N3CCN(c4ccc([N+](=O)[O-])s4)CC3)c(F)c2)C(=O)O1. The van der Waals surface area contributed by atoms with Crippen molar-refractivity contribution >= 4 is 56.2 Å². The summed E-state index contributed by atoms with van der Waals surface area (Å²) >= 11 is 6.22. The number of thiophene rings is 1. The number of piperazine rings is 1. The first kappa shape index (κ1) is 24.9. The molecule has 0 saturated carbocycles. The molecule has 1 N–H and O–H groups in total. The molecule has 1 aromatic heterocycles. The molecule has 1 aromatic carbocycles. The second-order valence-electron chi connectivity index (χ2n) is 8.49. The number of carbonyl (C=O) groups is 1. The Balaban J connectivity index is 1.33. The highest BCUT2D eigenvalue weighted by Gasteiger charge is 2.34. The molecular formula is C22H26FN5O5S2. The highest BCUT2D eigenvalue weighted by atomic mass is 32.1. The molecule has 10 nitrogen and oxygen atoms in total. The Bertz CT molecular complexity index is 1110. The normalized spacial score (nSPS) is 18.1. The summed E-state index contributed by atoms with van der Waals surface area (Å²) < 4.78 is 25.8. The average Bonchev–Trinajstić information content (AvgIpc) is 3.45. The summed E-state index contributed by atoms with van der Waals surface area (Å²) in [6, 6.07) is 8.07. The van der Waals surface area contributed by atoms with Crippen LogP contribution in [0.4, 0.5) is 30.6 Å². The zero-order valence-corrected chi connectivity index (χ0v) is 20.9. The fourth-order valence-corrected chi connectivity index (χ4v) is 5.12. The maximum atomic E-state index is 15.0. The lowest BCUT2D eigenvalue weighted by molar-refractivity contribution is -0.380. The number of nitro groups is 1. The minimum absolute atomic E-state index is 0.105. The maximum Gasteiger partial charge on any atom is 0.414 e. The number of ether oxygens (including phenoxy) is 2. The van der Waals surface area contributed by atoms with E-state index in [0.29, 0.717) is 37.6 Å². The summed E-state index contributed by atoms with van der Waals surface area (Å²) in [7, 11) is 0. The van der Waals surface area contributed by atoms with E-state index in [1.54, 1.807) is 18.2 Å². The molecule has 0 bridgehead atoms. The second kappa shape index (κ2) is 10.6. The molecule has 2 aliphatic rings. The fourth-order valence-electron chi connectivity index (χ4n) is 3.94. The summed E-state index contributed by atoms with van der Waals surface area (Å²) in [4.78, 5) is 28.2. The number of nitrogens with one attached hydrogen (secondary N) is 1. The van der Waals surface area contributed by atoms with Gasteiger partial charge in [0.25, 0.3) is 5.17 Å². The van der Waals surface area contributed by atoms with Crippen LogP contribution in [-0.2, 0) is 9.47 Å². The molecule has 3 heterocycles. The lowest BCUT2D eigenvalue weighted by Crippen LogP contribution is -2.46. The molecular weight excluding hydrogens is 497 g/mol. The van der Waals surface area contributed by atoms with Gasteiger partial charge in [-0.05, 0) is 61.7 Å². The number of cyclic esters (lactones) is 1. The van der Waals surface area contributed by atoms with Crippen molar-refractivity contribution in [2.45, 2.75) is 26.0 Å². The van der Waals surface area contributed by atoms with Gasteiger partial charge in [0, 0.05) is 38.3 Å². The van der Waals surface area contributed by atoms with Crippen molar-refractivity contribution in [3.05, 3.63) is 46.3 Å². The van der Waals surface area contributed by atoms with Gasteiger partial charge < -0.3 is 24.6 Å². The Morgan fingerprint density at radius 3 is 2.63 bits per heavy atom. The van der Waals surface area contributed by atoms with Gasteiger partial charge in [-0.15, -0.1) is 0 Å². The number of benzene rings is 1. The molecule has 4 rings (SSSR count). The zero-order valence-electron chi connectivity index (χ0n) is 19.3. The largest absolute Gasteiger partial charge is 0.467 e. The number of nitrogens with zero attached hydrogens (tertiary/aromatic N) is 4. The van der Waals surface area contributed by atoms with Gasteiger partial charge in [0.1, 0.15) is 12.4 Å². The summed E-state index contributed by atoms with van der Waals surface area (Å²) in [5, 5.41) is 15.1.